The minimum atomic E-state index is -2.58. The third-order valence-electron chi connectivity index (χ3n) is 2.76. The molecule has 0 saturated heterocycles. The fraction of sp³-hybridized carbons (Fsp3) is 0.583. The molecule has 0 aliphatic rings. The van der Waals surface area contributed by atoms with Gasteiger partial charge in [-0.05, 0) is 13.5 Å². The van der Waals surface area contributed by atoms with Crippen LogP contribution in [0.25, 0.3) is 0 Å². The van der Waals surface area contributed by atoms with Gasteiger partial charge in [0.15, 0.2) is 5.82 Å². The van der Waals surface area contributed by atoms with Gasteiger partial charge in [-0.25, -0.2) is 4.98 Å². The molecule has 0 atom stereocenters. The third-order valence-corrected chi connectivity index (χ3v) is 2.76. The summed E-state index contributed by atoms with van der Waals surface area (Å²) in [7, 11) is 1.79. The molecular weight excluding hydrogens is 268 g/mol. The fourth-order valence-corrected chi connectivity index (χ4v) is 1.85. The first-order chi connectivity index (χ1) is 9.60. The number of hydrogen-bond donors (Lipinski definition) is 0. The van der Waals surface area contributed by atoms with E-state index in [1.807, 2.05) is 6.92 Å². The third kappa shape index (κ3) is 3.60. The molecule has 0 unspecified atom stereocenters. The second-order valence-electron chi connectivity index (χ2n) is 4.56. The number of aromatic nitrogens is 4. The van der Waals surface area contributed by atoms with E-state index in [1.54, 1.807) is 11.9 Å². The maximum atomic E-state index is 12.7. The van der Waals surface area contributed by atoms with Crippen LogP contribution in [-0.4, -0.2) is 31.6 Å². The van der Waals surface area contributed by atoms with Gasteiger partial charge in [-0.3, -0.25) is 9.47 Å². The maximum Gasteiger partial charge on any atom is 0.319 e. The van der Waals surface area contributed by atoms with E-state index in [9.17, 15) is 8.78 Å². The molecule has 0 fully saturated rings. The van der Waals surface area contributed by atoms with E-state index in [0.717, 1.165) is 17.4 Å². The van der Waals surface area contributed by atoms with Crippen LogP contribution in [0, 0.1) is 0 Å². The van der Waals surface area contributed by atoms with E-state index >= 15 is 0 Å². The molecule has 0 aromatic carbocycles. The Morgan fingerprint density at radius 2 is 2.20 bits per heavy atom. The summed E-state index contributed by atoms with van der Waals surface area (Å²) in [5.41, 5.74) is 0. The number of rotatable bonds is 7. The lowest BCUT2D eigenvalue weighted by molar-refractivity contribution is 0.0642. The molecule has 2 aromatic heterocycles. The zero-order chi connectivity index (χ0) is 14.5. The predicted molar refractivity (Wildman–Crippen MR) is 66.9 cm³/mol. The van der Waals surface area contributed by atoms with Crippen LogP contribution in [0.15, 0.2) is 16.9 Å². The summed E-state index contributed by atoms with van der Waals surface area (Å²) in [5, 5.41) is 3.85. The van der Waals surface area contributed by atoms with Gasteiger partial charge in [-0.15, -0.1) is 0 Å². The van der Waals surface area contributed by atoms with Gasteiger partial charge in [0.1, 0.15) is 5.82 Å². The summed E-state index contributed by atoms with van der Waals surface area (Å²) in [4.78, 5) is 9.96. The van der Waals surface area contributed by atoms with Gasteiger partial charge in [-0.2, -0.15) is 13.8 Å². The first-order valence-corrected chi connectivity index (χ1v) is 6.40. The van der Waals surface area contributed by atoms with Crippen LogP contribution in [0.5, 0.6) is 0 Å². The Morgan fingerprint density at radius 1 is 1.40 bits per heavy atom. The van der Waals surface area contributed by atoms with Gasteiger partial charge < -0.3 is 4.52 Å². The molecule has 20 heavy (non-hydrogen) atoms. The number of halogens is 2. The normalized spacial score (nSPS) is 11.7. The molecule has 2 aromatic rings. The molecule has 0 radical (unpaired) electrons. The van der Waals surface area contributed by atoms with Crippen molar-refractivity contribution in [1.82, 2.24) is 24.6 Å². The summed E-state index contributed by atoms with van der Waals surface area (Å²) < 4.78 is 31.3. The Balaban J connectivity index is 1.94. The monoisotopic (exact) mass is 285 g/mol. The molecule has 0 amide bonds. The smallest absolute Gasteiger partial charge is 0.319 e. The van der Waals surface area contributed by atoms with E-state index in [0.29, 0.717) is 24.1 Å². The zero-order valence-corrected chi connectivity index (χ0v) is 11.5. The van der Waals surface area contributed by atoms with Crippen LogP contribution in [0.4, 0.5) is 8.78 Å². The van der Waals surface area contributed by atoms with Gasteiger partial charge in [0.05, 0.1) is 13.1 Å². The topological polar surface area (TPSA) is 60.0 Å². The molecule has 0 bridgehead atoms. The van der Waals surface area contributed by atoms with E-state index in [1.165, 1.54) is 12.4 Å². The SMILES string of the molecule is CCCc1noc(CN(C)Cc2nccn2C(F)F)n1. The highest BCUT2D eigenvalue weighted by Crippen LogP contribution is 2.14. The van der Waals surface area contributed by atoms with Crippen LogP contribution in [0.2, 0.25) is 0 Å². The Bertz CT molecular complexity index is 539. The minimum absolute atomic E-state index is 0.281. The molecule has 2 rings (SSSR count). The molecule has 8 heteroatoms. The summed E-state index contributed by atoms with van der Waals surface area (Å²) in [6.07, 6.45) is 4.34. The summed E-state index contributed by atoms with van der Waals surface area (Å²) >= 11 is 0. The molecule has 6 nitrogen and oxygen atoms in total. The van der Waals surface area contributed by atoms with Crippen LogP contribution in [0.1, 0.15) is 37.4 Å². The summed E-state index contributed by atoms with van der Waals surface area (Å²) in [6, 6.07) is 0. The Morgan fingerprint density at radius 3 is 2.90 bits per heavy atom. The van der Waals surface area contributed by atoms with Crippen LogP contribution >= 0.6 is 0 Å². The molecule has 0 spiro atoms. The standard InChI is InChI=1S/C12H17F2N5O/c1-3-4-9-16-11(20-17-9)8-18(2)7-10-15-5-6-19(10)12(13)14/h5-6,12H,3-4,7-8H2,1-2H3. The van der Waals surface area contributed by atoms with Crippen molar-refractivity contribution in [2.45, 2.75) is 39.4 Å². The number of alkyl halides is 2. The Labute approximate surface area is 115 Å². The van der Waals surface area contributed by atoms with Gasteiger partial charge in [0, 0.05) is 18.8 Å². The molecule has 0 aliphatic carbocycles. The van der Waals surface area contributed by atoms with Crippen molar-refractivity contribution in [2.24, 2.45) is 0 Å². The average Bonchev–Trinajstić information content (AvgIpc) is 2.99. The van der Waals surface area contributed by atoms with Crippen LogP contribution < -0.4 is 0 Å². The molecule has 0 saturated carbocycles. The maximum absolute atomic E-state index is 12.7. The Hall–Kier alpha value is -1.83. The van der Waals surface area contributed by atoms with E-state index in [2.05, 4.69) is 15.1 Å². The lowest BCUT2D eigenvalue weighted by Crippen LogP contribution is -2.20. The zero-order valence-electron chi connectivity index (χ0n) is 11.5. The van der Waals surface area contributed by atoms with Crippen molar-refractivity contribution in [3.05, 3.63) is 29.9 Å². The van der Waals surface area contributed by atoms with Crippen molar-refractivity contribution in [2.75, 3.05) is 7.05 Å². The average molecular weight is 285 g/mol. The van der Waals surface area contributed by atoms with Crippen molar-refractivity contribution >= 4 is 0 Å². The minimum Gasteiger partial charge on any atom is -0.338 e. The van der Waals surface area contributed by atoms with Crippen molar-refractivity contribution in [3.63, 3.8) is 0 Å². The van der Waals surface area contributed by atoms with Crippen LogP contribution in [0.3, 0.4) is 0 Å². The molecule has 0 aliphatic heterocycles. The number of nitrogens with zero attached hydrogens (tertiary/aromatic N) is 5. The van der Waals surface area contributed by atoms with Crippen molar-refractivity contribution in [3.8, 4) is 0 Å². The first kappa shape index (κ1) is 14.6. The van der Waals surface area contributed by atoms with Gasteiger partial charge in [-0.1, -0.05) is 12.1 Å². The quantitative estimate of drug-likeness (QED) is 0.781. The highest BCUT2D eigenvalue weighted by Gasteiger charge is 2.15. The lowest BCUT2D eigenvalue weighted by Gasteiger charge is -2.14. The van der Waals surface area contributed by atoms with E-state index in [-0.39, 0.29) is 6.54 Å². The second kappa shape index (κ2) is 6.56. The highest BCUT2D eigenvalue weighted by molar-refractivity contribution is 4.93. The second-order valence-corrected chi connectivity index (χ2v) is 4.56. The number of hydrogen-bond acceptors (Lipinski definition) is 5. The van der Waals surface area contributed by atoms with E-state index in [4.69, 9.17) is 4.52 Å². The van der Waals surface area contributed by atoms with E-state index < -0.39 is 6.55 Å². The lowest BCUT2D eigenvalue weighted by atomic mass is 10.3. The van der Waals surface area contributed by atoms with Crippen LogP contribution in [-0.2, 0) is 19.5 Å². The molecule has 110 valence electrons. The van der Waals surface area contributed by atoms with Crippen molar-refractivity contribution in [1.29, 1.82) is 0 Å². The van der Waals surface area contributed by atoms with Gasteiger partial charge in [0.25, 0.3) is 0 Å². The number of imidazole rings is 1. The highest BCUT2D eigenvalue weighted by atomic mass is 19.3. The van der Waals surface area contributed by atoms with Crippen molar-refractivity contribution < 1.29 is 13.3 Å². The number of aryl methyl sites for hydroxylation is 1. The molecule has 2 heterocycles. The Kier molecular flexibility index (Phi) is 4.78. The predicted octanol–water partition coefficient (Wildman–Crippen LogP) is 2.25. The fourth-order valence-electron chi connectivity index (χ4n) is 1.85. The largest absolute Gasteiger partial charge is 0.338 e. The van der Waals surface area contributed by atoms with Gasteiger partial charge in [0.2, 0.25) is 5.89 Å². The first-order valence-electron chi connectivity index (χ1n) is 6.40. The van der Waals surface area contributed by atoms with Gasteiger partial charge >= 0.3 is 6.55 Å². The summed E-state index contributed by atoms with van der Waals surface area (Å²) in [6.45, 7) is 0.127. The molecule has 0 N–H and O–H groups in total. The molecular formula is C12H17F2N5O. The summed E-state index contributed by atoms with van der Waals surface area (Å²) in [5.74, 6) is 1.45.